The van der Waals surface area contributed by atoms with Gasteiger partial charge < -0.3 is 4.74 Å². The average Bonchev–Trinajstić information content (AvgIpc) is 3.18. The maximum Gasteiger partial charge on any atom is 0.257 e. The van der Waals surface area contributed by atoms with Crippen LogP contribution in [0.2, 0.25) is 0 Å². The maximum atomic E-state index is 12.6. The summed E-state index contributed by atoms with van der Waals surface area (Å²) < 4.78 is 5.78. The van der Waals surface area contributed by atoms with E-state index in [9.17, 15) is 4.79 Å². The summed E-state index contributed by atoms with van der Waals surface area (Å²) in [6.07, 6.45) is 3.43. The number of carbonyl (C=O) groups is 1. The van der Waals surface area contributed by atoms with E-state index in [4.69, 9.17) is 4.74 Å². The van der Waals surface area contributed by atoms with Crippen LogP contribution >= 0.6 is 11.3 Å². The SMILES string of the molecule is O=C(Nc1nc(-c2ccncc2)cs1)c1cccc(Oc2ccccc2)c1. The maximum absolute atomic E-state index is 12.6. The van der Waals surface area contributed by atoms with E-state index in [1.165, 1.54) is 11.3 Å². The largest absolute Gasteiger partial charge is 0.457 e. The van der Waals surface area contributed by atoms with Crippen LogP contribution in [0.4, 0.5) is 5.13 Å². The topological polar surface area (TPSA) is 64.1 Å². The molecule has 0 saturated carbocycles. The third-order valence-corrected chi connectivity index (χ3v) is 4.53. The van der Waals surface area contributed by atoms with Crippen LogP contribution < -0.4 is 10.1 Å². The number of rotatable bonds is 5. The third-order valence-electron chi connectivity index (χ3n) is 3.78. The molecule has 0 aliphatic heterocycles. The first-order valence-electron chi connectivity index (χ1n) is 8.28. The highest BCUT2D eigenvalue weighted by Gasteiger charge is 2.11. The van der Waals surface area contributed by atoms with Gasteiger partial charge in [0.25, 0.3) is 5.91 Å². The van der Waals surface area contributed by atoms with E-state index in [1.807, 2.05) is 53.9 Å². The molecule has 0 aliphatic rings. The van der Waals surface area contributed by atoms with Crippen LogP contribution in [0.25, 0.3) is 11.3 Å². The monoisotopic (exact) mass is 373 g/mol. The zero-order valence-electron chi connectivity index (χ0n) is 14.2. The fourth-order valence-corrected chi connectivity index (χ4v) is 3.20. The Hall–Kier alpha value is -3.51. The molecular weight excluding hydrogens is 358 g/mol. The highest BCUT2D eigenvalue weighted by Crippen LogP contribution is 2.26. The Morgan fingerprint density at radius 3 is 2.52 bits per heavy atom. The van der Waals surface area contributed by atoms with E-state index in [2.05, 4.69) is 15.3 Å². The normalized spacial score (nSPS) is 10.4. The zero-order chi connectivity index (χ0) is 18.5. The van der Waals surface area contributed by atoms with Crippen molar-refractivity contribution in [1.29, 1.82) is 0 Å². The zero-order valence-corrected chi connectivity index (χ0v) is 15.0. The molecule has 0 atom stereocenters. The minimum Gasteiger partial charge on any atom is -0.457 e. The first-order chi connectivity index (χ1) is 13.3. The van der Waals surface area contributed by atoms with Crippen LogP contribution in [0.1, 0.15) is 10.4 Å². The van der Waals surface area contributed by atoms with Crippen molar-refractivity contribution in [2.45, 2.75) is 0 Å². The van der Waals surface area contributed by atoms with E-state index in [-0.39, 0.29) is 5.91 Å². The summed E-state index contributed by atoms with van der Waals surface area (Å²) in [6, 6.07) is 20.3. The Bertz CT molecular complexity index is 1050. The molecule has 5 nitrogen and oxygen atoms in total. The van der Waals surface area contributed by atoms with Crippen molar-refractivity contribution in [3.05, 3.63) is 90.1 Å². The third kappa shape index (κ3) is 4.19. The first kappa shape index (κ1) is 16.9. The predicted octanol–water partition coefficient (Wildman–Crippen LogP) is 5.25. The molecule has 6 heteroatoms. The van der Waals surface area contributed by atoms with Crippen LogP contribution in [-0.4, -0.2) is 15.9 Å². The van der Waals surface area contributed by atoms with Gasteiger partial charge in [0.1, 0.15) is 11.5 Å². The lowest BCUT2D eigenvalue weighted by molar-refractivity contribution is 0.102. The molecule has 0 aliphatic carbocycles. The minimum absolute atomic E-state index is 0.232. The Balaban J connectivity index is 1.47. The van der Waals surface area contributed by atoms with Gasteiger partial charge in [0.05, 0.1) is 5.69 Å². The fourth-order valence-electron chi connectivity index (χ4n) is 2.48. The van der Waals surface area contributed by atoms with E-state index in [1.54, 1.807) is 30.6 Å². The number of aromatic nitrogens is 2. The molecule has 2 aromatic carbocycles. The number of nitrogens with one attached hydrogen (secondary N) is 1. The fraction of sp³-hybridized carbons (Fsp3) is 0. The van der Waals surface area contributed by atoms with E-state index < -0.39 is 0 Å². The number of nitrogens with zero attached hydrogens (tertiary/aromatic N) is 2. The van der Waals surface area contributed by atoms with Gasteiger partial charge in [-0.05, 0) is 42.5 Å². The molecule has 0 fully saturated rings. The van der Waals surface area contributed by atoms with Crippen LogP contribution in [-0.2, 0) is 0 Å². The van der Waals surface area contributed by atoms with Crippen LogP contribution in [0, 0.1) is 0 Å². The molecule has 4 aromatic rings. The number of ether oxygens (including phenoxy) is 1. The Morgan fingerprint density at radius 1 is 0.926 bits per heavy atom. The van der Waals surface area contributed by atoms with Crippen molar-refractivity contribution >= 4 is 22.4 Å². The van der Waals surface area contributed by atoms with Crippen LogP contribution in [0.15, 0.2) is 84.5 Å². The molecular formula is C21H15N3O2S. The molecule has 0 radical (unpaired) electrons. The Kier molecular flexibility index (Phi) is 4.89. The van der Waals surface area contributed by atoms with E-state index >= 15 is 0 Å². The quantitative estimate of drug-likeness (QED) is 0.519. The van der Waals surface area contributed by atoms with Crippen LogP contribution in [0.3, 0.4) is 0 Å². The molecule has 2 heterocycles. The van der Waals surface area contributed by atoms with Gasteiger partial charge in [0, 0.05) is 28.9 Å². The van der Waals surface area contributed by atoms with Crippen molar-refractivity contribution < 1.29 is 9.53 Å². The molecule has 132 valence electrons. The summed E-state index contributed by atoms with van der Waals surface area (Å²) in [6.45, 7) is 0. The lowest BCUT2D eigenvalue weighted by atomic mass is 10.2. The Labute approximate surface area is 160 Å². The van der Waals surface area contributed by atoms with E-state index in [0.717, 1.165) is 17.0 Å². The van der Waals surface area contributed by atoms with Gasteiger partial charge in [-0.2, -0.15) is 0 Å². The second-order valence-electron chi connectivity index (χ2n) is 5.67. The van der Waals surface area contributed by atoms with Crippen molar-refractivity contribution in [1.82, 2.24) is 9.97 Å². The highest BCUT2D eigenvalue weighted by molar-refractivity contribution is 7.14. The second kappa shape index (κ2) is 7.80. The molecule has 0 bridgehead atoms. The van der Waals surface area contributed by atoms with Crippen molar-refractivity contribution in [2.24, 2.45) is 0 Å². The van der Waals surface area contributed by atoms with Gasteiger partial charge in [-0.15, -0.1) is 11.3 Å². The summed E-state index contributed by atoms with van der Waals surface area (Å²) in [5.41, 5.74) is 2.27. The van der Waals surface area contributed by atoms with Crippen molar-refractivity contribution in [3.8, 4) is 22.8 Å². The van der Waals surface area contributed by atoms with Gasteiger partial charge in [0.15, 0.2) is 5.13 Å². The van der Waals surface area contributed by atoms with E-state index in [0.29, 0.717) is 16.4 Å². The number of thiazole rings is 1. The summed E-state index contributed by atoms with van der Waals surface area (Å²) in [5.74, 6) is 1.09. The number of benzene rings is 2. The van der Waals surface area contributed by atoms with Crippen molar-refractivity contribution in [3.63, 3.8) is 0 Å². The number of amides is 1. The van der Waals surface area contributed by atoms with Crippen LogP contribution in [0.5, 0.6) is 11.5 Å². The van der Waals surface area contributed by atoms with Crippen molar-refractivity contribution in [2.75, 3.05) is 5.32 Å². The number of pyridine rings is 1. The number of carbonyl (C=O) groups excluding carboxylic acids is 1. The lowest BCUT2D eigenvalue weighted by Gasteiger charge is -2.07. The molecule has 4 rings (SSSR count). The number of hydrogen-bond donors (Lipinski definition) is 1. The Morgan fingerprint density at radius 2 is 1.70 bits per heavy atom. The summed E-state index contributed by atoms with van der Waals surface area (Å²) in [7, 11) is 0. The molecule has 0 unspecified atom stereocenters. The molecule has 0 spiro atoms. The summed E-state index contributed by atoms with van der Waals surface area (Å²) in [4.78, 5) is 21.0. The number of anilines is 1. The standard InChI is InChI=1S/C21H15N3O2S/c25-20(24-21-23-19(14-27-21)15-9-11-22-12-10-15)16-5-4-8-18(13-16)26-17-6-2-1-3-7-17/h1-14H,(H,23,24,25). The average molecular weight is 373 g/mol. The van der Waals surface area contributed by atoms with Gasteiger partial charge in [-0.25, -0.2) is 4.98 Å². The summed E-state index contributed by atoms with van der Waals surface area (Å²) >= 11 is 1.38. The second-order valence-corrected chi connectivity index (χ2v) is 6.53. The van der Waals surface area contributed by atoms with Gasteiger partial charge >= 0.3 is 0 Å². The molecule has 1 N–H and O–H groups in total. The summed E-state index contributed by atoms with van der Waals surface area (Å²) in [5, 5.41) is 5.28. The molecule has 1 amide bonds. The highest BCUT2D eigenvalue weighted by atomic mass is 32.1. The predicted molar refractivity (Wildman–Crippen MR) is 106 cm³/mol. The first-order valence-corrected chi connectivity index (χ1v) is 9.16. The molecule has 27 heavy (non-hydrogen) atoms. The van der Waals surface area contributed by atoms with Gasteiger partial charge in [-0.3, -0.25) is 15.1 Å². The molecule has 0 saturated heterocycles. The smallest absolute Gasteiger partial charge is 0.257 e. The van der Waals surface area contributed by atoms with Gasteiger partial charge in [0.2, 0.25) is 0 Å². The van der Waals surface area contributed by atoms with Gasteiger partial charge in [-0.1, -0.05) is 24.3 Å². The minimum atomic E-state index is -0.232. The lowest BCUT2D eigenvalue weighted by Crippen LogP contribution is -2.11. The number of para-hydroxylation sites is 1. The number of hydrogen-bond acceptors (Lipinski definition) is 5. The molecule has 2 aromatic heterocycles.